The minimum atomic E-state index is -3.00. The average Bonchev–Trinajstić information content (AvgIpc) is 2.62. The molecule has 2 rings (SSSR count). The minimum Gasteiger partial charge on any atom is -0.493 e. The first kappa shape index (κ1) is 20.4. The van der Waals surface area contributed by atoms with Crippen LogP contribution in [0.1, 0.15) is 32.7 Å². The second-order valence-corrected chi connectivity index (χ2v) is 5.57. The van der Waals surface area contributed by atoms with Gasteiger partial charge in [0.1, 0.15) is 11.5 Å². The van der Waals surface area contributed by atoms with Crippen molar-refractivity contribution in [3.8, 4) is 11.5 Å². The highest BCUT2D eigenvalue weighted by Gasteiger charge is 2.20. The molecule has 2 aromatic carbocycles. The Morgan fingerprint density at radius 1 is 0.963 bits per heavy atom. The van der Waals surface area contributed by atoms with E-state index in [4.69, 9.17) is 4.74 Å². The fraction of sp³-hybridized carbons (Fsp3) is 0.263. The Kier molecular flexibility index (Phi) is 6.92. The lowest BCUT2D eigenvalue weighted by atomic mass is 10.00. The van der Waals surface area contributed by atoms with Gasteiger partial charge in [0.05, 0.1) is 6.61 Å². The van der Waals surface area contributed by atoms with Gasteiger partial charge in [-0.1, -0.05) is 12.1 Å². The van der Waals surface area contributed by atoms with E-state index in [2.05, 4.69) is 4.74 Å². The zero-order valence-electron chi connectivity index (χ0n) is 14.3. The van der Waals surface area contributed by atoms with Gasteiger partial charge in [-0.25, -0.2) is 8.78 Å². The molecular formula is C19H16F4O4. The number of carbonyl (C=O) groups excluding carboxylic acids is 2. The third-order valence-corrected chi connectivity index (χ3v) is 3.56. The fourth-order valence-corrected chi connectivity index (χ4v) is 2.27. The van der Waals surface area contributed by atoms with E-state index >= 15 is 0 Å². The molecule has 0 saturated carbocycles. The Morgan fingerprint density at radius 2 is 1.63 bits per heavy atom. The number of alkyl halides is 4. The largest absolute Gasteiger partial charge is 0.493 e. The molecule has 2 aromatic rings. The standard InChI is InChI=1S/C19H16F4O4/c1-11-9-13(5-6-15(11)27-19(22)23)18(25)17(24)12-3-2-4-14(10-12)26-8-7-16(20)21/h2-6,9-10,16,19H,7-8H2,1H3. The van der Waals surface area contributed by atoms with Crippen molar-refractivity contribution >= 4 is 11.6 Å². The van der Waals surface area contributed by atoms with Crippen LogP contribution >= 0.6 is 0 Å². The number of benzene rings is 2. The molecule has 0 unspecified atom stereocenters. The number of carbonyl (C=O) groups is 2. The molecule has 27 heavy (non-hydrogen) atoms. The van der Waals surface area contributed by atoms with Crippen molar-refractivity contribution in [2.75, 3.05) is 6.61 Å². The van der Waals surface area contributed by atoms with Gasteiger partial charge in [0.2, 0.25) is 18.0 Å². The van der Waals surface area contributed by atoms with Crippen molar-refractivity contribution < 1.29 is 36.6 Å². The van der Waals surface area contributed by atoms with E-state index in [0.717, 1.165) is 0 Å². The van der Waals surface area contributed by atoms with Crippen LogP contribution in [0.25, 0.3) is 0 Å². The second kappa shape index (κ2) is 9.16. The molecule has 144 valence electrons. The summed E-state index contributed by atoms with van der Waals surface area (Å²) in [6.07, 6.45) is -2.96. The quantitative estimate of drug-likeness (QED) is 0.357. The number of Topliss-reactive ketones (excluding diaryl/α,β-unsaturated/α-hetero) is 2. The fourth-order valence-electron chi connectivity index (χ4n) is 2.27. The van der Waals surface area contributed by atoms with E-state index in [0.29, 0.717) is 0 Å². The number of ether oxygens (including phenoxy) is 2. The Balaban J connectivity index is 2.13. The van der Waals surface area contributed by atoms with Gasteiger partial charge >= 0.3 is 6.61 Å². The number of hydrogen-bond donors (Lipinski definition) is 0. The summed E-state index contributed by atoms with van der Waals surface area (Å²) in [7, 11) is 0. The van der Waals surface area contributed by atoms with Crippen molar-refractivity contribution in [2.45, 2.75) is 26.4 Å². The highest BCUT2D eigenvalue weighted by molar-refractivity contribution is 6.49. The molecule has 0 atom stereocenters. The minimum absolute atomic E-state index is 0.0168. The molecule has 0 aliphatic rings. The summed E-state index contributed by atoms with van der Waals surface area (Å²) in [5.74, 6) is -1.59. The summed E-state index contributed by atoms with van der Waals surface area (Å²) in [5.41, 5.74) is 0.321. The highest BCUT2D eigenvalue weighted by Crippen LogP contribution is 2.23. The number of ketones is 2. The van der Waals surface area contributed by atoms with Gasteiger partial charge in [-0.3, -0.25) is 9.59 Å². The van der Waals surface area contributed by atoms with Crippen molar-refractivity contribution in [3.63, 3.8) is 0 Å². The van der Waals surface area contributed by atoms with Gasteiger partial charge in [0.15, 0.2) is 0 Å². The van der Waals surface area contributed by atoms with Gasteiger partial charge in [-0.15, -0.1) is 0 Å². The van der Waals surface area contributed by atoms with Crippen LogP contribution in [0.15, 0.2) is 42.5 Å². The number of halogens is 4. The molecule has 0 aromatic heterocycles. The van der Waals surface area contributed by atoms with Crippen molar-refractivity contribution in [2.24, 2.45) is 0 Å². The van der Waals surface area contributed by atoms with Crippen LogP contribution in [0.5, 0.6) is 11.5 Å². The molecule has 0 amide bonds. The van der Waals surface area contributed by atoms with E-state index in [1.807, 2.05) is 0 Å². The molecule has 8 heteroatoms. The monoisotopic (exact) mass is 384 g/mol. The average molecular weight is 384 g/mol. The first-order chi connectivity index (χ1) is 12.8. The van der Waals surface area contributed by atoms with E-state index < -0.39 is 31.0 Å². The van der Waals surface area contributed by atoms with Crippen molar-refractivity contribution in [3.05, 3.63) is 59.2 Å². The lowest BCUT2D eigenvalue weighted by Gasteiger charge is -2.10. The number of rotatable bonds is 9. The summed E-state index contributed by atoms with van der Waals surface area (Å²) >= 11 is 0. The highest BCUT2D eigenvalue weighted by atomic mass is 19.3. The zero-order valence-corrected chi connectivity index (χ0v) is 14.3. The zero-order chi connectivity index (χ0) is 20.0. The molecule has 0 radical (unpaired) electrons. The van der Waals surface area contributed by atoms with Gasteiger partial charge in [0, 0.05) is 17.5 Å². The molecule has 0 saturated heterocycles. The predicted octanol–water partition coefficient (Wildman–Crippen LogP) is 4.70. The molecule has 0 aliphatic carbocycles. The van der Waals surface area contributed by atoms with Crippen molar-refractivity contribution in [1.82, 2.24) is 0 Å². The Hall–Kier alpha value is -2.90. The van der Waals surface area contributed by atoms with E-state index in [1.165, 1.54) is 49.4 Å². The smallest absolute Gasteiger partial charge is 0.387 e. The van der Waals surface area contributed by atoms with E-state index in [1.54, 1.807) is 0 Å². The maximum absolute atomic E-state index is 12.4. The Morgan fingerprint density at radius 3 is 2.22 bits per heavy atom. The number of hydrogen-bond acceptors (Lipinski definition) is 4. The first-order valence-electron chi connectivity index (χ1n) is 7.93. The summed E-state index contributed by atoms with van der Waals surface area (Å²) in [6.45, 7) is -1.76. The van der Waals surface area contributed by atoms with E-state index in [-0.39, 0.29) is 34.8 Å². The van der Waals surface area contributed by atoms with Crippen LogP contribution in [0.3, 0.4) is 0 Å². The lowest BCUT2D eigenvalue weighted by Crippen LogP contribution is -2.15. The maximum atomic E-state index is 12.4. The first-order valence-corrected chi connectivity index (χ1v) is 7.93. The molecule has 0 spiro atoms. The summed E-state index contributed by atoms with van der Waals surface area (Å²) in [5, 5.41) is 0. The van der Waals surface area contributed by atoms with Crippen molar-refractivity contribution in [1.29, 1.82) is 0 Å². The van der Waals surface area contributed by atoms with Gasteiger partial charge in [-0.05, 0) is 42.8 Å². The molecule has 0 bridgehead atoms. The van der Waals surface area contributed by atoms with E-state index in [9.17, 15) is 27.2 Å². The molecule has 0 heterocycles. The molecule has 0 N–H and O–H groups in total. The number of aryl methyl sites for hydroxylation is 1. The van der Waals surface area contributed by atoms with Crippen LogP contribution in [0.2, 0.25) is 0 Å². The SMILES string of the molecule is Cc1cc(C(=O)C(=O)c2cccc(OCCC(F)F)c2)ccc1OC(F)F. The summed E-state index contributed by atoms with van der Waals surface area (Å²) < 4.78 is 58.3. The predicted molar refractivity (Wildman–Crippen MR) is 89.0 cm³/mol. The van der Waals surface area contributed by atoms with Gasteiger partial charge < -0.3 is 9.47 Å². The van der Waals surface area contributed by atoms with Crippen LogP contribution in [0.4, 0.5) is 17.6 Å². The lowest BCUT2D eigenvalue weighted by molar-refractivity contribution is -0.0503. The molecule has 0 aliphatic heterocycles. The van der Waals surface area contributed by atoms with Crippen LogP contribution in [-0.2, 0) is 0 Å². The Labute approximate surface area is 152 Å². The Bertz CT molecular complexity index is 821. The molecule has 0 fully saturated rings. The third-order valence-electron chi connectivity index (χ3n) is 3.56. The van der Waals surface area contributed by atoms with Gasteiger partial charge in [0.25, 0.3) is 0 Å². The summed E-state index contributed by atoms with van der Waals surface area (Å²) in [4.78, 5) is 24.7. The molecule has 4 nitrogen and oxygen atoms in total. The summed E-state index contributed by atoms with van der Waals surface area (Å²) in [6, 6.07) is 9.30. The molecular weight excluding hydrogens is 368 g/mol. The second-order valence-electron chi connectivity index (χ2n) is 5.57. The maximum Gasteiger partial charge on any atom is 0.387 e. The third kappa shape index (κ3) is 5.80. The topological polar surface area (TPSA) is 52.6 Å². The van der Waals surface area contributed by atoms with Crippen LogP contribution in [0, 0.1) is 6.92 Å². The van der Waals surface area contributed by atoms with Crippen LogP contribution in [-0.4, -0.2) is 31.2 Å². The normalized spacial score (nSPS) is 10.9. The van der Waals surface area contributed by atoms with Gasteiger partial charge in [-0.2, -0.15) is 8.78 Å². The van der Waals surface area contributed by atoms with Crippen LogP contribution < -0.4 is 9.47 Å².